The molecule has 8 heteroatoms. The molecule has 1 aromatic heterocycles. The summed E-state index contributed by atoms with van der Waals surface area (Å²) in [6.45, 7) is 4.50. The highest BCUT2D eigenvalue weighted by Gasteiger charge is 2.34. The van der Waals surface area contributed by atoms with E-state index in [4.69, 9.17) is 4.74 Å². The quantitative estimate of drug-likeness (QED) is 0.811. The van der Waals surface area contributed by atoms with Crippen molar-refractivity contribution in [1.29, 1.82) is 0 Å². The smallest absolute Gasteiger partial charge is 0.379 e. The van der Waals surface area contributed by atoms with E-state index in [0.717, 1.165) is 45.3 Å². The van der Waals surface area contributed by atoms with Crippen LogP contribution in [-0.2, 0) is 10.9 Å². The summed E-state index contributed by atoms with van der Waals surface area (Å²) in [5.41, 5.74) is -0.747. The molecule has 1 N–H and O–H groups in total. The number of alkyl halides is 3. The predicted molar refractivity (Wildman–Crippen MR) is 77.3 cm³/mol. The number of pyridine rings is 1. The Labute approximate surface area is 129 Å². The van der Waals surface area contributed by atoms with E-state index in [9.17, 15) is 13.2 Å². The molecule has 0 unspecified atom stereocenters. The molecule has 0 aliphatic carbocycles. The lowest BCUT2D eigenvalue weighted by molar-refractivity contribution is -0.137. The van der Waals surface area contributed by atoms with Gasteiger partial charge in [0.05, 0.1) is 18.8 Å². The van der Waals surface area contributed by atoms with Gasteiger partial charge in [-0.05, 0) is 35.0 Å². The van der Waals surface area contributed by atoms with Gasteiger partial charge < -0.3 is 10.1 Å². The summed E-state index contributed by atoms with van der Waals surface area (Å²) in [5, 5.41) is 2.78. The van der Waals surface area contributed by atoms with E-state index >= 15 is 0 Å². The Morgan fingerprint density at radius 3 is 2.71 bits per heavy atom. The van der Waals surface area contributed by atoms with Gasteiger partial charge in [0.1, 0.15) is 5.82 Å². The Balaban J connectivity index is 1.85. The van der Waals surface area contributed by atoms with Gasteiger partial charge in [0, 0.05) is 30.3 Å². The fourth-order valence-corrected chi connectivity index (χ4v) is 2.46. The van der Waals surface area contributed by atoms with Gasteiger partial charge in [0.25, 0.3) is 0 Å². The zero-order valence-corrected chi connectivity index (χ0v) is 13.0. The average Bonchev–Trinajstić information content (AvgIpc) is 2.45. The van der Waals surface area contributed by atoms with Crippen LogP contribution in [0.5, 0.6) is 0 Å². The molecule has 1 aromatic rings. The summed E-state index contributed by atoms with van der Waals surface area (Å²) in [6.07, 6.45) is -2.29. The number of nitrogens with one attached hydrogen (secondary N) is 1. The van der Waals surface area contributed by atoms with Crippen molar-refractivity contribution in [3.05, 3.63) is 22.3 Å². The van der Waals surface area contributed by atoms with Crippen LogP contribution >= 0.6 is 15.9 Å². The molecular formula is C13H17BrF3N3O. The summed E-state index contributed by atoms with van der Waals surface area (Å²) in [7, 11) is 0. The summed E-state index contributed by atoms with van der Waals surface area (Å²) >= 11 is 3.01. The van der Waals surface area contributed by atoms with Crippen molar-refractivity contribution in [3.8, 4) is 0 Å². The predicted octanol–water partition coefficient (Wildman–Crippen LogP) is 3.00. The topological polar surface area (TPSA) is 37.4 Å². The van der Waals surface area contributed by atoms with Crippen molar-refractivity contribution in [2.45, 2.75) is 12.6 Å². The third-order valence-corrected chi connectivity index (χ3v) is 3.64. The van der Waals surface area contributed by atoms with E-state index in [1.807, 2.05) is 0 Å². The van der Waals surface area contributed by atoms with E-state index in [0.29, 0.717) is 11.0 Å². The van der Waals surface area contributed by atoms with Crippen molar-refractivity contribution in [2.24, 2.45) is 0 Å². The van der Waals surface area contributed by atoms with Gasteiger partial charge in [-0.3, -0.25) is 4.90 Å². The number of nitrogens with zero attached hydrogens (tertiary/aromatic N) is 2. The Bertz CT molecular complexity index is 464. The molecule has 0 spiro atoms. The van der Waals surface area contributed by atoms with Crippen LogP contribution in [0, 0.1) is 0 Å². The number of ether oxygens (including phenoxy) is 1. The lowest BCUT2D eigenvalue weighted by atomic mass is 10.2. The van der Waals surface area contributed by atoms with Gasteiger partial charge in [-0.1, -0.05) is 0 Å². The van der Waals surface area contributed by atoms with Gasteiger partial charge >= 0.3 is 6.18 Å². The summed E-state index contributed by atoms with van der Waals surface area (Å²) < 4.78 is 44.3. The van der Waals surface area contributed by atoms with Gasteiger partial charge in [0.15, 0.2) is 0 Å². The van der Waals surface area contributed by atoms with Crippen LogP contribution < -0.4 is 5.32 Å². The monoisotopic (exact) mass is 367 g/mol. The molecule has 0 atom stereocenters. The maximum atomic E-state index is 12.9. The molecular weight excluding hydrogens is 351 g/mol. The van der Waals surface area contributed by atoms with Crippen LogP contribution in [0.25, 0.3) is 0 Å². The average molecular weight is 368 g/mol. The van der Waals surface area contributed by atoms with Crippen molar-refractivity contribution in [2.75, 3.05) is 44.7 Å². The SMILES string of the molecule is FC(F)(F)c1cc(Br)cnc1NCCCN1CCOCC1. The maximum absolute atomic E-state index is 12.9. The van der Waals surface area contributed by atoms with Crippen LogP contribution in [0.3, 0.4) is 0 Å². The fraction of sp³-hybridized carbons (Fsp3) is 0.615. The molecule has 118 valence electrons. The van der Waals surface area contributed by atoms with Gasteiger partial charge in [0.2, 0.25) is 0 Å². The Morgan fingerprint density at radius 2 is 2.05 bits per heavy atom. The molecule has 0 amide bonds. The first-order valence-electron chi connectivity index (χ1n) is 6.73. The first-order chi connectivity index (χ1) is 9.97. The van der Waals surface area contributed by atoms with Gasteiger partial charge in [-0.15, -0.1) is 0 Å². The van der Waals surface area contributed by atoms with Crippen molar-refractivity contribution in [3.63, 3.8) is 0 Å². The first kappa shape index (κ1) is 16.5. The zero-order valence-electron chi connectivity index (χ0n) is 11.4. The number of morpholine rings is 1. The van der Waals surface area contributed by atoms with Crippen LogP contribution in [-0.4, -0.2) is 49.3 Å². The minimum Gasteiger partial charge on any atom is -0.379 e. The minimum absolute atomic E-state index is 0.118. The third-order valence-electron chi connectivity index (χ3n) is 3.21. The number of anilines is 1. The highest BCUT2D eigenvalue weighted by Crippen LogP contribution is 2.35. The molecule has 0 bridgehead atoms. The third kappa shape index (κ3) is 5.12. The Hall–Kier alpha value is -0.860. The van der Waals surface area contributed by atoms with Crippen LogP contribution in [0.4, 0.5) is 19.0 Å². The van der Waals surface area contributed by atoms with Crippen molar-refractivity contribution in [1.82, 2.24) is 9.88 Å². The normalized spacial score (nSPS) is 17.0. The van der Waals surface area contributed by atoms with Crippen LogP contribution in [0.15, 0.2) is 16.7 Å². The van der Waals surface area contributed by atoms with E-state index in [-0.39, 0.29) is 5.82 Å². The van der Waals surface area contributed by atoms with E-state index in [2.05, 4.69) is 31.1 Å². The molecule has 1 saturated heterocycles. The number of hydrogen-bond donors (Lipinski definition) is 1. The van der Waals surface area contributed by atoms with Crippen molar-refractivity contribution < 1.29 is 17.9 Å². The lowest BCUT2D eigenvalue weighted by Gasteiger charge is -2.26. The molecule has 1 aliphatic rings. The second-order valence-corrected chi connectivity index (χ2v) is 5.70. The molecule has 21 heavy (non-hydrogen) atoms. The van der Waals surface area contributed by atoms with Gasteiger partial charge in [-0.2, -0.15) is 13.2 Å². The molecule has 2 rings (SSSR count). The standard InChI is InChI=1S/C13H17BrF3N3O/c14-10-8-11(13(15,16)17)12(19-9-10)18-2-1-3-20-4-6-21-7-5-20/h8-9H,1-7H2,(H,18,19). The second-order valence-electron chi connectivity index (χ2n) is 4.78. The fourth-order valence-electron chi connectivity index (χ4n) is 2.13. The van der Waals surface area contributed by atoms with E-state index < -0.39 is 11.7 Å². The molecule has 2 heterocycles. The number of hydrogen-bond acceptors (Lipinski definition) is 4. The lowest BCUT2D eigenvalue weighted by Crippen LogP contribution is -2.37. The highest BCUT2D eigenvalue weighted by molar-refractivity contribution is 9.10. The van der Waals surface area contributed by atoms with Crippen LogP contribution in [0.1, 0.15) is 12.0 Å². The molecule has 4 nitrogen and oxygen atoms in total. The summed E-state index contributed by atoms with van der Waals surface area (Å²) in [4.78, 5) is 6.06. The molecule has 1 aliphatic heterocycles. The maximum Gasteiger partial charge on any atom is 0.419 e. The molecule has 0 aromatic carbocycles. The molecule has 1 fully saturated rings. The number of rotatable bonds is 5. The summed E-state index contributed by atoms with van der Waals surface area (Å²) in [5.74, 6) is -0.118. The zero-order chi connectivity index (χ0) is 15.3. The van der Waals surface area contributed by atoms with E-state index in [1.165, 1.54) is 6.20 Å². The minimum atomic E-state index is -4.41. The van der Waals surface area contributed by atoms with Gasteiger partial charge in [-0.25, -0.2) is 4.98 Å². The number of halogens is 4. The molecule has 0 saturated carbocycles. The largest absolute Gasteiger partial charge is 0.419 e. The summed E-state index contributed by atoms with van der Waals surface area (Å²) in [6, 6.07) is 1.04. The van der Waals surface area contributed by atoms with Crippen LogP contribution in [0.2, 0.25) is 0 Å². The highest BCUT2D eigenvalue weighted by atomic mass is 79.9. The second kappa shape index (κ2) is 7.42. The Kier molecular flexibility index (Phi) is 5.83. The van der Waals surface area contributed by atoms with E-state index in [1.54, 1.807) is 0 Å². The first-order valence-corrected chi connectivity index (χ1v) is 7.53. The van der Waals surface area contributed by atoms with Crippen molar-refractivity contribution >= 4 is 21.7 Å². The Morgan fingerprint density at radius 1 is 1.33 bits per heavy atom. The molecule has 0 radical (unpaired) electrons. The number of aromatic nitrogens is 1.